The predicted molar refractivity (Wildman–Crippen MR) is 111 cm³/mol. The second-order valence-corrected chi connectivity index (χ2v) is 10.7. The van der Waals surface area contributed by atoms with E-state index in [9.17, 15) is 13.2 Å². The SMILES string of the molecule is O=C([N-]S(=O)(=O)C1CN(CC2CCOC2)C1)Nc1c2c(cc3c1CCC3)CCC2.[K+]. The fourth-order valence-electron chi connectivity index (χ4n) is 5.24. The normalized spacial score (nSPS) is 23.4. The van der Waals surface area contributed by atoms with Crippen LogP contribution in [0, 0.1) is 5.92 Å². The van der Waals surface area contributed by atoms with E-state index in [0.717, 1.165) is 70.4 Å². The minimum absolute atomic E-state index is 0. The number of aryl methyl sites for hydroxylation is 2. The Morgan fingerprint density at radius 2 is 1.80 bits per heavy atom. The third-order valence-electron chi connectivity index (χ3n) is 6.80. The molecule has 4 aliphatic rings. The molecule has 1 atom stereocenters. The molecule has 2 aliphatic heterocycles. The Morgan fingerprint density at radius 3 is 2.40 bits per heavy atom. The van der Waals surface area contributed by atoms with E-state index >= 15 is 0 Å². The molecule has 2 heterocycles. The van der Waals surface area contributed by atoms with Crippen molar-refractivity contribution < 1.29 is 69.3 Å². The quantitative estimate of drug-likeness (QED) is 0.609. The number of carbonyl (C=O) groups is 1. The van der Waals surface area contributed by atoms with Crippen molar-refractivity contribution in [2.24, 2.45) is 5.92 Å². The van der Waals surface area contributed by atoms with Gasteiger partial charge in [0.1, 0.15) is 0 Å². The number of hydrogen-bond donors (Lipinski definition) is 1. The molecule has 2 aliphatic carbocycles. The fraction of sp³-hybridized carbons (Fsp3) is 0.667. The number of fused-ring (bicyclic) bond motifs is 2. The van der Waals surface area contributed by atoms with Gasteiger partial charge in [-0.25, -0.2) is 8.42 Å². The zero-order chi connectivity index (χ0) is 20.0. The zero-order valence-electron chi connectivity index (χ0n) is 17.7. The first kappa shape index (κ1) is 23.2. The average Bonchev–Trinajstić information content (AvgIpc) is 3.37. The number of anilines is 1. The maximum absolute atomic E-state index is 12.6. The fourth-order valence-corrected chi connectivity index (χ4v) is 6.46. The van der Waals surface area contributed by atoms with Gasteiger partial charge in [0.15, 0.2) is 16.1 Å². The van der Waals surface area contributed by atoms with Crippen LogP contribution >= 0.6 is 0 Å². The van der Waals surface area contributed by atoms with Crippen molar-refractivity contribution >= 4 is 21.7 Å². The number of hydrogen-bond acceptors (Lipinski definition) is 5. The van der Waals surface area contributed by atoms with Gasteiger partial charge in [0, 0.05) is 26.2 Å². The van der Waals surface area contributed by atoms with E-state index in [-0.39, 0.29) is 51.4 Å². The third kappa shape index (κ3) is 4.68. The number of benzene rings is 1. The first-order chi connectivity index (χ1) is 14.0. The molecule has 7 nitrogen and oxygen atoms in total. The number of urea groups is 1. The van der Waals surface area contributed by atoms with E-state index < -0.39 is 21.3 Å². The van der Waals surface area contributed by atoms with Gasteiger partial charge in [-0.3, -0.25) is 4.79 Å². The molecule has 1 unspecified atom stereocenters. The van der Waals surface area contributed by atoms with E-state index in [2.05, 4.69) is 21.0 Å². The Kier molecular flexibility index (Phi) is 7.31. The summed E-state index contributed by atoms with van der Waals surface area (Å²) in [5.41, 5.74) is 5.80. The molecule has 0 saturated carbocycles. The van der Waals surface area contributed by atoms with E-state index in [1.807, 2.05) is 0 Å². The van der Waals surface area contributed by atoms with Gasteiger partial charge in [0.25, 0.3) is 0 Å². The van der Waals surface area contributed by atoms with Gasteiger partial charge in [-0.1, -0.05) is 6.07 Å². The Morgan fingerprint density at radius 1 is 1.13 bits per heavy atom. The molecule has 2 saturated heterocycles. The van der Waals surface area contributed by atoms with Crippen LogP contribution in [0.5, 0.6) is 0 Å². The molecule has 1 aromatic rings. The summed E-state index contributed by atoms with van der Waals surface area (Å²) in [7, 11) is -3.80. The number of rotatable bonds is 5. The van der Waals surface area contributed by atoms with Crippen LogP contribution in [0.3, 0.4) is 0 Å². The van der Waals surface area contributed by atoms with Crippen LogP contribution in [0.4, 0.5) is 10.5 Å². The molecule has 0 aromatic heterocycles. The van der Waals surface area contributed by atoms with Crippen LogP contribution in [0.25, 0.3) is 4.72 Å². The van der Waals surface area contributed by atoms with E-state index in [1.165, 1.54) is 22.3 Å². The standard InChI is InChI=1S/C21H29N3O4S.K/c25-21(22-20-18-5-1-3-15(18)9-16-4-2-6-19(16)20)23-29(26,27)17-11-24(12-17)10-14-7-8-28-13-14;/h9,14,17H,1-8,10-13H2,(H2,22,23,25);/q;+1/p-1. The predicted octanol–water partition coefficient (Wildman–Crippen LogP) is -0.376. The monoisotopic (exact) mass is 457 g/mol. The molecular formula is C21H28KN3O4S. The van der Waals surface area contributed by atoms with Crippen LogP contribution in [0.2, 0.25) is 0 Å². The molecular weight excluding hydrogens is 429 g/mol. The van der Waals surface area contributed by atoms with Crippen molar-refractivity contribution in [2.75, 3.05) is 38.2 Å². The molecule has 1 aromatic carbocycles. The number of sulfonamides is 1. The second-order valence-electron chi connectivity index (χ2n) is 8.84. The minimum Gasteiger partial charge on any atom is -0.423 e. The van der Waals surface area contributed by atoms with Gasteiger partial charge in [-0.15, -0.1) is 0 Å². The minimum atomic E-state index is -3.80. The van der Waals surface area contributed by atoms with E-state index in [0.29, 0.717) is 19.0 Å². The molecule has 1 N–H and O–H groups in total. The summed E-state index contributed by atoms with van der Waals surface area (Å²) in [5, 5.41) is 2.28. The van der Waals surface area contributed by atoms with Gasteiger partial charge >= 0.3 is 51.4 Å². The zero-order valence-corrected chi connectivity index (χ0v) is 21.6. The summed E-state index contributed by atoms with van der Waals surface area (Å²) in [6, 6.07) is 1.54. The summed E-state index contributed by atoms with van der Waals surface area (Å²) in [6.45, 7) is 3.31. The topological polar surface area (TPSA) is 89.8 Å². The third-order valence-corrected chi connectivity index (χ3v) is 8.36. The molecule has 0 radical (unpaired) electrons. The molecule has 0 bridgehead atoms. The Hall–Kier alpha value is -0.00364. The largest absolute Gasteiger partial charge is 1.00 e. The Bertz CT molecular complexity index is 892. The number of nitrogens with one attached hydrogen (secondary N) is 1. The van der Waals surface area contributed by atoms with Gasteiger partial charge in [-0.05, 0) is 78.8 Å². The molecule has 5 rings (SSSR count). The molecule has 0 spiro atoms. The Labute approximate surface area is 221 Å². The Balaban J connectivity index is 0.00000218. The van der Waals surface area contributed by atoms with Crippen molar-refractivity contribution in [1.82, 2.24) is 4.90 Å². The summed E-state index contributed by atoms with van der Waals surface area (Å²) < 4.78 is 34.2. The van der Waals surface area contributed by atoms with Crippen molar-refractivity contribution in [3.05, 3.63) is 33.0 Å². The van der Waals surface area contributed by atoms with Crippen LogP contribution in [0.1, 0.15) is 41.5 Å². The van der Waals surface area contributed by atoms with Gasteiger partial charge in [0.2, 0.25) is 0 Å². The maximum atomic E-state index is 12.6. The smallest absolute Gasteiger partial charge is 0.423 e. The van der Waals surface area contributed by atoms with E-state index in [1.54, 1.807) is 0 Å². The van der Waals surface area contributed by atoms with Crippen LogP contribution in [0.15, 0.2) is 6.07 Å². The molecule has 2 fully saturated rings. The maximum Gasteiger partial charge on any atom is 1.00 e. The van der Waals surface area contributed by atoms with Crippen molar-refractivity contribution in [3.8, 4) is 0 Å². The molecule has 158 valence electrons. The summed E-state index contributed by atoms with van der Waals surface area (Å²) in [5.74, 6) is 0.487. The van der Waals surface area contributed by atoms with E-state index in [4.69, 9.17) is 4.74 Å². The number of amides is 2. The van der Waals surface area contributed by atoms with Gasteiger partial charge in [-0.2, -0.15) is 0 Å². The molecule has 9 heteroatoms. The second kappa shape index (κ2) is 9.47. The van der Waals surface area contributed by atoms with Crippen molar-refractivity contribution in [3.63, 3.8) is 0 Å². The number of ether oxygens (including phenoxy) is 1. The van der Waals surface area contributed by atoms with Crippen molar-refractivity contribution in [1.29, 1.82) is 0 Å². The summed E-state index contributed by atoms with van der Waals surface area (Å²) >= 11 is 0. The first-order valence-corrected chi connectivity index (χ1v) is 12.2. The van der Waals surface area contributed by atoms with Crippen LogP contribution < -0.4 is 56.7 Å². The summed E-state index contributed by atoms with van der Waals surface area (Å²) in [4.78, 5) is 14.7. The van der Waals surface area contributed by atoms with Gasteiger partial charge < -0.3 is 19.7 Å². The number of nitrogens with zero attached hydrogens (tertiary/aromatic N) is 2. The van der Waals surface area contributed by atoms with Crippen molar-refractivity contribution in [2.45, 2.75) is 50.2 Å². The van der Waals surface area contributed by atoms with Crippen LogP contribution in [-0.4, -0.2) is 57.4 Å². The molecule has 2 amide bonds. The average molecular weight is 458 g/mol. The summed E-state index contributed by atoms with van der Waals surface area (Å²) in [6.07, 6.45) is 7.14. The first-order valence-electron chi connectivity index (χ1n) is 10.7. The van der Waals surface area contributed by atoms with Crippen LogP contribution in [-0.2, 0) is 40.4 Å². The number of likely N-dealkylation sites (tertiary alicyclic amines) is 1. The molecule has 30 heavy (non-hydrogen) atoms. The number of carbonyl (C=O) groups excluding carboxylic acids is 1. The van der Waals surface area contributed by atoms with Gasteiger partial charge in [0.05, 0.1) is 11.9 Å².